The number of carbonyl (C=O) groups is 2. The monoisotopic (exact) mass is 451 g/mol. The molecule has 0 saturated carbocycles. The summed E-state index contributed by atoms with van der Waals surface area (Å²) in [6.45, 7) is 0.110. The van der Waals surface area contributed by atoms with Crippen LogP contribution < -0.4 is 5.32 Å². The van der Waals surface area contributed by atoms with E-state index in [1.807, 2.05) is 48.5 Å². The molecule has 0 unspecified atom stereocenters. The molecule has 1 amide bonds. The molecule has 0 radical (unpaired) electrons. The van der Waals surface area contributed by atoms with Gasteiger partial charge in [0.25, 0.3) is 0 Å². The first-order chi connectivity index (χ1) is 16.5. The topological polar surface area (TPSA) is 115 Å². The molecule has 7 nitrogen and oxygen atoms in total. The maximum atomic E-state index is 12.5. The van der Waals surface area contributed by atoms with Crippen LogP contribution >= 0.6 is 0 Å². The van der Waals surface area contributed by atoms with Gasteiger partial charge in [-0.25, -0.2) is 9.59 Å². The quantitative estimate of drug-likeness (QED) is 0.397. The van der Waals surface area contributed by atoms with Gasteiger partial charge in [-0.3, -0.25) is 0 Å². The van der Waals surface area contributed by atoms with Crippen molar-refractivity contribution in [2.24, 2.45) is 0 Å². The Morgan fingerprint density at radius 2 is 1.71 bits per heavy atom. The van der Waals surface area contributed by atoms with E-state index in [0.29, 0.717) is 5.69 Å². The highest BCUT2D eigenvalue weighted by Crippen LogP contribution is 2.44. The van der Waals surface area contributed by atoms with Crippen LogP contribution in [0, 0.1) is 11.3 Å². The number of aromatic nitrogens is 1. The zero-order valence-electron chi connectivity index (χ0n) is 18.1. The van der Waals surface area contributed by atoms with Crippen LogP contribution in [0.25, 0.3) is 22.0 Å². The molecule has 0 spiro atoms. The molecule has 3 N–H and O–H groups in total. The Kier molecular flexibility index (Phi) is 5.48. The molecule has 1 heterocycles. The third kappa shape index (κ3) is 3.97. The minimum absolute atomic E-state index is 0.0858. The lowest BCUT2D eigenvalue weighted by Gasteiger charge is -2.17. The Morgan fingerprint density at radius 3 is 2.35 bits per heavy atom. The zero-order chi connectivity index (χ0) is 23.7. The number of alkyl carbamates (subject to hydrolysis) is 1. The molecule has 0 fully saturated rings. The number of H-pyrrole nitrogens is 1. The number of carboxylic acids is 1. The predicted octanol–water partition coefficient (Wildman–Crippen LogP) is 4.57. The summed E-state index contributed by atoms with van der Waals surface area (Å²) in [6.07, 6.45) is -0.688. The van der Waals surface area contributed by atoms with Crippen LogP contribution in [0.2, 0.25) is 0 Å². The first kappa shape index (κ1) is 21.3. The number of rotatable bonds is 6. The van der Waals surface area contributed by atoms with Crippen molar-refractivity contribution in [3.8, 4) is 17.2 Å². The maximum absolute atomic E-state index is 12.5. The van der Waals surface area contributed by atoms with Crippen molar-refractivity contribution in [1.29, 1.82) is 5.26 Å². The SMILES string of the molecule is N#Cc1cc2cc(C[C@H](NC(=O)OCC3c4ccccc4-c4ccccc43)C(=O)O)ccc2[nH]1. The smallest absolute Gasteiger partial charge is 0.407 e. The number of nitriles is 1. The Hall–Kier alpha value is -4.57. The van der Waals surface area contributed by atoms with Gasteiger partial charge in [-0.15, -0.1) is 0 Å². The van der Waals surface area contributed by atoms with Gasteiger partial charge < -0.3 is 20.1 Å². The number of benzene rings is 3. The molecule has 0 saturated heterocycles. The van der Waals surface area contributed by atoms with E-state index in [2.05, 4.69) is 22.4 Å². The highest BCUT2D eigenvalue weighted by Gasteiger charge is 2.29. The Morgan fingerprint density at radius 1 is 1.03 bits per heavy atom. The summed E-state index contributed by atoms with van der Waals surface area (Å²) in [7, 11) is 0. The lowest BCUT2D eigenvalue weighted by atomic mass is 9.98. The molecule has 4 aromatic rings. The fourth-order valence-corrected chi connectivity index (χ4v) is 4.59. The van der Waals surface area contributed by atoms with Gasteiger partial charge in [0.2, 0.25) is 0 Å². The number of fused-ring (bicyclic) bond motifs is 4. The fourth-order valence-electron chi connectivity index (χ4n) is 4.59. The summed E-state index contributed by atoms with van der Waals surface area (Å²) in [5.41, 5.74) is 6.36. The molecule has 5 rings (SSSR count). The third-order valence-corrected chi connectivity index (χ3v) is 6.18. The summed E-state index contributed by atoms with van der Waals surface area (Å²) in [5, 5.41) is 22.0. The molecule has 1 aliphatic carbocycles. The van der Waals surface area contributed by atoms with Crippen LogP contribution in [-0.2, 0) is 16.0 Å². The Labute approximate surface area is 195 Å². The van der Waals surface area contributed by atoms with Crippen LogP contribution in [0.5, 0.6) is 0 Å². The van der Waals surface area contributed by atoms with Crippen molar-refractivity contribution in [3.05, 3.63) is 95.2 Å². The van der Waals surface area contributed by atoms with Gasteiger partial charge in [-0.05, 0) is 46.0 Å². The van der Waals surface area contributed by atoms with Gasteiger partial charge in [0.1, 0.15) is 24.4 Å². The minimum Gasteiger partial charge on any atom is -0.480 e. The van der Waals surface area contributed by atoms with Crippen LogP contribution in [0.4, 0.5) is 4.79 Å². The summed E-state index contributed by atoms with van der Waals surface area (Å²) >= 11 is 0. The number of carboxylic acid groups (broad SMARTS) is 1. The number of hydrogen-bond donors (Lipinski definition) is 3. The van der Waals surface area contributed by atoms with Gasteiger partial charge in [0.15, 0.2) is 0 Å². The predicted molar refractivity (Wildman–Crippen MR) is 126 cm³/mol. The van der Waals surface area contributed by atoms with E-state index in [1.165, 1.54) is 0 Å². The van der Waals surface area contributed by atoms with E-state index in [0.717, 1.165) is 38.7 Å². The van der Waals surface area contributed by atoms with E-state index >= 15 is 0 Å². The Balaban J connectivity index is 1.27. The number of hydrogen-bond acceptors (Lipinski definition) is 4. The molecule has 0 aliphatic heterocycles. The molecular weight excluding hydrogens is 430 g/mol. The summed E-state index contributed by atoms with van der Waals surface area (Å²) < 4.78 is 5.49. The van der Waals surface area contributed by atoms with Crippen LogP contribution in [0.1, 0.15) is 28.3 Å². The van der Waals surface area contributed by atoms with Crippen LogP contribution in [-0.4, -0.2) is 34.8 Å². The maximum Gasteiger partial charge on any atom is 0.407 e. The van der Waals surface area contributed by atoms with E-state index in [-0.39, 0.29) is 18.9 Å². The number of aromatic amines is 1. The number of aliphatic carboxylic acids is 1. The van der Waals surface area contributed by atoms with Gasteiger partial charge in [-0.2, -0.15) is 5.26 Å². The van der Waals surface area contributed by atoms with Crippen LogP contribution in [0.3, 0.4) is 0 Å². The number of carbonyl (C=O) groups excluding carboxylic acids is 1. The summed E-state index contributed by atoms with van der Waals surface area (Å²) in [5.74, 6) is -1.26. The second-order valence-corrected chi connectivity index (χ2v) is 8.28. The van der Waals surface area contributed by atoms with E-state index in [9.17, 15) is 14.7 Å². The molecule has 34 heavy (non-hydrogen) atoms. The average molecular weight is 451 g/mol. The van der Waals surface area contributed by atoms with Gasteiger partial charge >= 0.3 is 12.1 Å². The van der Waals surface area contributed by atoms with E-state index in [1.54, 1.807) is 18.2 Å². The molecule has 0 bridgehead atoms. The summed E-state index contributed by atoms with van der Waals surface area (Å²) in [6, 6.07) is 24.0. The van der Waals surface area contributed by atoms with Crippen molar-refractivity contribution in [2.45, 2.75) is 18.4 Å². The molecule has 1 aliphatic rings. The average Bonchev–Trinajstić information content (AvgIpc) is 3.40. The molecule has 3 aromatic carbocycles. The van der Waals surface area contributed by atoms with Crippen LogP contribution in [0.15, 0.2) is 72.8 Å². The number of amides is 1. The van der Waals surface area contributed by atoms with Gasteiger partial charge in [0.05, 0.1) is 0 Å². The zero-order valence-corrected chi connectivity index (χ0v) is 18.1. The number of ether oxygens (including phenoxy) is 1. The van der Waals surface area contributed by atoms with Crippen molar-refractivity contribution in [3.63, 3.8) is 0 Å². The van der Waals surface area contributed by atoms with Crippen molar-refractivity contribution < 1.29 is 19.4 Å². The Bertz CT molecular complexity index is 1400. The molecule has 168 valence electrons. The standard InChI is InChI=1S/C27H21N3O4/c28-14-18-13-17-11-16(9-10-24(17)29-18)12-25(26(31)32)30-27(33)34-15-23-21-7-3-1-5-19(21)20-6-2-4-8-22(20)23/h1-11,13,23,25,29H,12,15H2,(H,30,33)(H,31,32)/t25-/m0/s1. The fraction of sp³-hybridized carbons (Fsp3) is 0.148. The van der Waals surface area contributed by atoms with Gasteiger partial charge in [0, 0.05) is 23.2 Å². The van der Waals surface area contributed by atoms with E-state index in [4.69, 9.17) is 10.00 Å². The van der Waals surface area contributed by atoms with Gasteiger partial charge in [-0.1, -0.05) is 54.6 Å². The highest BCUT2D eigenvalue weighted by atomic mass is 16.5. The number of nitrogens with one attached hydrogen (secondary N) is 2. The second kappa shape index (κ2) is 8.75. The molecule has 7 heteroatoms. The van der Waals surface area contributed by atoms with Crippen molar-refractivity contribution in [1.82, 2.24) is 10.3 Å². The largest absolute Gasteiger partial charge is 0.480 e. The highest BCUT2D eigenvalue weighted by molar-refractivity contribution is 5.83. The minimum atomic E-state index is -1.15. The van der Waals surface area contributed by atoms with E-state index < -0.39 is 18.1 Å². The lowest BCUT2D eigenvalue weighted by Crippen LogP contribution is -2.42. The molecule has 1 aromatic heterocycles. The number of nitrogens with zero attached hydrogens (tertiary/aromatic N) is 1. The van der Waals surface area contributed by atoms with Crippen molar-refractivity contribution in [2.75, 3.05) is 6.61 Å². The van der Waals surface area contributed by atoms with Crippen molar-refractivity contribution >= 4 is 23.0 Å². The second-order valence-electron chi connectivity index (χ2n) is 8.28. The normalized spacial score (nSPS) is 13.0. The summed E-state index contributed by atoms with van der Waals surface area (Å²) in [4.78, 5) is 27.3. The molecular formula is C27H21N3O4. The third-order valence-electron chi connectivity index (χ3n) is 6.18. The first-order valence-electron chi connectivity index (χ1n) is 10.9. The molecule has 1 atom stereocenters. The lowest BCUT2D eigenvalue weighted by molar-refractivity contribution is -0.139. The first-order valence-corrected chi connectivity index (χ1v) is 10.9.